The Kier molecular flexibility index (Phi) is 13.1. The minimum Gasteiger partial charge on any atom is -0.464 e. The van der Waals surface area contributed by atoms with Crippen molar-refractivity contribution in [3.63, 3.8) is 0 Å². The van der Waals surface area contributed by atoms with E-state index in [1.807, 2.05) is 49.4 Å². The second kappa shape index (κ2) is 16.8. The van der Waals surface area contributed by atoms with Crippen LogP contribution in [0.25, 0.3) is 11.0 Å². The molecule has 0 bridgehead atoms. The number of benzene rings is 2. The molecule has 2 aromatic carbocycles. The molecule has 0 aliphatic rings. The third-order valence-electron chi connectivity index (χ3n) is 7.58. The van der Waals surface area contributed by atoms with Crippen molar-refractivity contribution in [1.82, 2.24) is 9.80 Å². The molecule has 1 heterocycles. The average molecular weight is 561 g/mol. The molecular formula is C35H48N2O4. The molecule has 0 saturated carbocycles. The van der Waals surface area contributed by atoms with Gasteiger partial charge in [-0.05, 0) is 43.4 Å². The summed E-state index contributed by atoms with van der Waals surface area (Å²) in [6.07, 6.45) is 10.8. The number of hydrogen-bond donors (Lipinski definition) is 0. The zero-order valence-corrected chi connectivity index (χ0v) is 25.5. The molecule has 0 saturated heterocycles. The van der Waals surface area contributed by atoms with Crippen LogP contribution in [0, 0.1) is 12.8 Å². The molecule has 3 rings (SSSR count). The first kappa shape index (κ1) is 32.1. The maximum Gasteiger partial charge on any atom is 0.242 e. The van der Waals surface area contributed by atoms with E-state index in [1.54, 1.807) is 15.9 Å². The summed E-state index contributed by atoms with van der Waals surface area (Å²) in [7, 11) is 0. The van der Waals surface area contributed by atoms with Crippen molar-refractivity contribution in [3.05, 3.63) is 81.7 Å². The average Bonchev–Trinajstić information content (AvgIpc) is 2.96. The topological polar surface area (TPSA) is 70.8 Å². The number of fused-ring (bicyclic) bond motifs is 1. The van der Waals surface area contributed by atoms with Crippen LogP contribution >= 0.6 is 0 Å². The van der Waals surface area contributed by atoms with Crippen molar-refractivity contribution >= 4 is 22.8 Å². The lowest BCUT2D eigenvalue weighted by Crippen LogP contribution is -2.43. The first-order valence-corrected chi connectivity index (χ1v) is 15.4. The van der Waals surface area contributed by atoms with E-state index in [2.05, 4.69) is 20.8 Å². The van der Waals surface area contributed by atoms with Crippen LogP contribution in [-0.2, 0) is 22.7 Å². The van der Waals surface area contributed by atoms with E-state index in [9.17, 15) is 14.4 Å². The van der Waals surface area contributed by atoms with Crippen molar-refractivity contribution in [2.45, 2.75) is 98.6 Å². The fourth-order valence-corrected chi connectivity index (χ4v) is 5.00. The van der Waals surface area contributed by atoms with Gasteiger partial charge in [0, 0.05) is 19.5 Å². The Hall–Kier alpha value is -3.41. The molecule has 6 nitrogen and oxygen atoms in total. The highest BCUT2D eigenvalue weighted by Gasteiger charge is 2.23. The molecule has 222 valence electrons. The van der Waals surface area contributed by atoms with E-state index in [1.165, 1.54) is 31.9 Å². The maximum absolute atomic E-state index is 13.8. The van der Waals surface area contributed by atoms with Gasteiger partial charge in [0.05, 0.1) is 30.3 Å². The molecule has 1 aromatic heterocycles. The van der Waals surface area contributed by atoms with Crippen LogP contribution < -0.4 is 5.43 Å². The third-order valence-corrected chi connectivity index (χ3v) is 7.58. The number of unbranched alkanes of at least 4 members (excludes halogenated alkanes) is 6. The number of nitrogens with zero attached hydrogens (tertiary/aromatic N) is 2. The highest BCUT2D eigenvalue weighted by molar-refractivity contribution is 5.85. The van der Waals surface area contributed by atoms with Crippen LogP contribution in [-0.4, -0.2) is 34.7 Å². The standard InChI is InChI=1S/C35H48N2O4/c1-5-6-7-8-9-10-14-17-33(38)36(21-20-27(2)3)25-34(39)37(23-29-15-12-11-13-16-29)24-30-26-41-32-19-18-28(4)22-31(32)35(30)40/h11-13,15-16,18-19,22,26-27H,5-10,14,17,20-21,23-25H2,1-4H3. The summed E-state index contributed by atoms with van der Waals surface area (Å²) in [5, 5.41) is 0.512. The lowest BCUT2D eigenvalue weighted by molar-refractivity contribution is -0.141. The van der Waals surface area contributed by atoms with Crippen molar-refractivity contribution < 1.29 is 14.0 Å². The van der Waals surface area contributed by atoms with Crippen molar-refractivity contribution in [1.29, 1.82) is 0 Å². The first-order valence-electron chi connectivity index (χ1n) is 15.4. The van der Waals surface area contributed by atoms with E-state index in [0.29, 0.717) is 42.0 Å². The summed E-state index contributed by atoms with van der Waals surface area (Å²) in [6, 6.07) is 15.3. The smallest absolute Gasteiger partial charge is 0.242 e. The number of aryl methyl sites for hydroxylation is 1. The molecule has 0 atom stereocenters. The van der Waals surface area contributed by atoms with Crippen LogP contribution in [0.3, 0.4) is 0 Å². The molecule has 3 aromatic rings. The molecule has 0 aliphatic carbocycles. The Bertz CT molecular complexity index is 1300. The van der Waals surface area contributed by atoms with Gasteiger partial charge in [-0.2, -0.15) is 0 Å². The number of rotatable bonds is 17. The van der Waals surface area contributed by atoms with Gasteiger partial charge in [-0.3, -0.25) is 14.4 Å². The number of amides is 2. The number of carbonyl (C=O) groups excluding carboxylic acids is 2. The molecule has 6 heteroatoms. The Balaban J connectivity index is 1.76. The Morgan fingerprint density at radius 3 is 2.27 bits per heavy atom. The lowest BCUT2D eigenvalue weighted by atomic mass is 10.1. The fourth-order valence-electron chi connectivity index (χ4n) is 5.00. The van der Waals surface area contributed by atoms with Gasteiger partial charge in [-0.25, -0.2) is 0 Å². The van der Waals surface area contributed by atoms with Crippen LogP contribution in [0.15, 0.2) is 64.0 Å². The largest absolute Gasteiger partial charge is 0.464 e. The van der Waals surface area contributed by atoms with Gasteiger partial charge >= 0.3 is 0 Å². The Morgan fingerprint density at radius 2 is 1.56 bits per heavy atom. The highest BCUT2D eigenvalue weighted by atomic mass is 16.3. The summed E-state index contributed by atoms with van der Waals surface area (Å²) in [5.41, 5.74) is 2.76. The summed E-state index contributed by atoms with van der Waals surface area (Å²) >= 11 is 0. The number of hydrogen-bond acceptors (Lipinski definition) is 4. The van der Waals surface area contributed by atoms with E-state index in [4.69, 9.17) is 4.42 Å². The van der Waals surface area contributed by atoms with Crippen LogP contribution in [0.5, 0.6) is 0 Å². The molecule has 0 fully saturated rings. The SMILES string of the molecule is CCCCCCCCCC(=O)N(CCC(C)C)CC(=O)N(Cc1ccccc1)Cc1coc2ccc(C)cc2c1=O. The van der Waals surface area contributed by atoms with Gasteiger partial charge in [0.15, 0.2) is 5.43 Å². The van der Waals surface area contributed by atoms with E-state index in [0.717, 1.165) is 36.8 Å². The fraction of sp³-hybridized carbons (Fsp3) is 0.514. The summed E-state index contributed by atoms with van der Waals surface area (Å²) in [5.74, 6) is 0.284. The molecule has 0 aliphatic heterocycles. The monoisotopic (exact) mass is 560 g/mol. The van der Waals surface area contributed by atoms with Gasteiger partial charge in [-0.1, -0.05) is 101 Å². The highest BCUT2D eigenvalue weighted by Crippen LogP contribution is 2.17. The summed E-state index contributed by atoms with van der Waals surface area (Å²) < 4.78 is 5.78. The molecule has 0 N–H and O–H groups in total. The van der Waals surface area contributed by atoms with E-state index >= 15 is 0 Å². The zero-order chi connectivity index (χ0) is 29.6. The minimum atomic E-state index is -0.172. The number of carbonyl (C=O) groups is 2. The van der Waals surface area contributed by atoms with Gasteiger partial charge in [0.2, 0.25) is 11.8 Å². The molecule has 41 heavy (non-hydrogen) atoms. The van der Waals surface area contributed by atoms with Crippen LogP contribution in [0.2, 0.25) is 0 Å². The van der Waals surface area contributed by atoms with Crippen LogP contribution in [0.1, 0.15) is 95.2 Å². The van der Waals surface area contributed by atoms with Crippen LogP contribution in [0.4, 0.5) is 0 Å². The zero-order valence-electron chi connectivity index (χ0n) is 25.5. The lowest BCUT2D eigenvalue weighted by Gasteiger charge is -2.28. The second-order valence-corrected chi connectivity index (χ2v) is 11.7. The normalized spacial score (nSPS) is 11.2. The minimum absolute atomic E-state index is 0.00685. The molecule has 0 unspecified atom stereocenters. The van der Waals surface area contributed by atoms with Crippen molar-refractivity contribution in [3.8, 4) is 0 Å². The van der Waals surface area contributed by atoms with Crippen molar-refractivity contribution in [2.24, 2.45) is 5.92 Å². The Morgan fingerprint density at radius 1 is 0.854 bits per heavy atom. The van der Waals surface area contributed by atoms with E-state index < -0.39 is 0 Å². The third kappa shape index (κ3) is 10.5. The summed E-state index contributed by atoms with van der Waals surface area (Å²) in [6.45, 7) is 9.42. The Labute approximate surface area is 245 Å². The van der Waals surface area contributed by atoms with Gasteiger partial charge in [0.1, 0.15) is 5.58 Å². The predicted octanol–water partition coefficient (Wildman–Crippen LogP) is 7.65. The van der Waals surface area contributed by atoms with Gasteiger partial charge < -0.3 is 14.2 Å². The molecule has 0 spiro atoms. The van der Waals surface area contributed by atoms with Gasteiger partial charge in [0.25, 0.3) is 0 Å². The molecule has 2 amide bonds. The molecular weight excluding hydrogens is 512 g/mol. The first-order chi connectivity index (χ1) is 19.8. The van der Waals surface area contributed by atoms with E-state index in [-0.39, 0.29) is 30.3 Å². The second-order valence-electron chi connectivity index (χ2n) is 11.7. The maximum atomic E-state index is 13.8. The molecule has 0 radical (unpaired) electrons. The van der Waals surface area contributed by atoms with Crippen molar-refractivity contribution in [2.75, 3.05) is 13.1 Å². The summed E-state index contributed by atoms with van der Waals surface area (Å²) in [4.78, 5) is 43.9. The quantitative estimate of drug-likeness (QED) is 0.159. The predicted molar refractivity (Wildman–Crippen MR) is 167 cm³/mol. The van der Waals surface area contributed by atoms with Gasteiger partial charge in [-0.15, -0.1) is 0 Å².